The summed E-state index contributed by atoms with van der Waals surface area (Å²) in [6, 6.07) is 10.2. The van der Waals surface area contributed by atoms with Gasteiger partial charge in [-0.15, -0.1) is 11.3 Å². The van der Waals surface area contributed by atoms with Crippen molar-refractivity contribution in [2.24, 2.45) is 23.2 Å². The maximum atomic E-state index is 15.4. The van der Waals surface area contributed by atoms with Crippen molar-refractivity contribution in [2.75, 3.05) is 54.2 Å². The van der Waals surface area contributed by atoms with Crippen LogP contribution < -0.4 is 10.7 Å². The molecule has 5 aromatic rings. The summed E-state index contributed by atoms with van der Waals surface area (Å²) >= 11 is 1.40. The van der Waals surface area contributed by atoms with Gasteiger partial charge in [0.25, 0.3) is 5.91 Å². The smallest absolute Gasteiger partial charge is 0.325 e. The number of hydrazine groups is 1. The van der Waals surface area contributed by atoms with E-state index in [0.717, 1.165) is 57.5 Å². The molecule has 384 valence electrons. The quantitative estimate of drug-likeness (QED) is 0.112. The average Bonchev–Trinajstić information content (AvgIpc) is 3.66. The first-order valence-electron chi connectivity index (χ1n) is 25.6. The molecule has 0 spiro atoms. The van der Waals surface area contributed by atoms with E-state index in [1.54, 1.807) is 24.5 Å². The molecule has 8 atom stereocenters. The molecular formula is C54H69N9O8S. The van der Waals surface area contributed by atoms with Gasteiger partial charge >= 0.3 is 5.97 Å². The summed E-state index contributed by atoms with van der Waals surface area (Å²) in [4.78, 5) is 65.3. The van der Waals surface area contributed by atoms with E-state index in [4.69, 9.17) is 33.7 Å². The van der Waals surface area contributed by atoms with Crippen LogP contribution in [0.25, 0.3) is 33.4 Å². The van der Waals surface area contributed by atoms with Crippen LogP contribution in [-0.2, 0) is 51.0 Å². The zero-order valence-electron chi connectivity index (χ0n) is 42.7. The maximum Gasteiger partial charge on any atom is 0.325 e. The molecule has 4 aromatic heterocycles. The normalized spacial score (nSPS) is 27.2. The largest absolute Gasteiger partial charge is 0.464 e. The minimum Gasteiger partial charge on any atom is -0.464 e. The van der Waals surface area contributed by atoms with E-state index < -0.39 is 41.4 Å². The van der Waals surface area contributed by atoms with Crippen LogP contribution in [0.4, 0.5) is 0 Å². The predicted molar refractivity (Wildman–Crippen MR) is 271 cm³/mol. The SMILES string of the molecule is CO[C@@H](C)c1ncccc1-c1c2c3cc(ccc3n1CCOC1CCOCC1)-c1csc(n1)[C@@H](OC[C@@H](C)N(C)C)[C@H](NC(=O)[C@@H]1[C@@H](C)[C@H]1c1ccncn1)C(=O)N1N[C@H](C(=O)OCC(C)(C)C2)C2CC1C2. The van der Waals surface area contributed by atoms with E-state index in [1.807, 2.05) is 45.5 Å². The Morgan fingerprint density at radius 3 is 2.62 bits per heavy atom. The van der Waals surface area contributed by atoms with E-state index in [9.17, 15) is 9.59 Å². The monoisotopic (exact) mass is 1000 g/mol. The fraction of sp³-hybridized carbons (Fsp3) is 0.574. The molecule has 18 heteroatoms. The van der Waals surface area contributed by atoms with Gasteiger partial charge in [-0.1, -0.05) is 26.8 Å². The Hall–Kier alpha value is -5.21. The summed E-state index contributed by atoms with van der Waals surface area (Å²) in [6.45, 7) is 13.2. The van der Waals surface area contributed by atoms with Crippen LogP contribution in [0.1, 0.15) is 100 Å². The number of ether oxygens (including phenoxy) is 5. The number of likely N-dealkylation sites (N-methyl/N-ethyl adjacent to an activating group) is 1. The molecule has 3 saturated heterocycles. The third-order valence-corrected chi connectivity index (χ3v) is 16.7. The van der Waals surface area contributed by atoms with Crippen LogP contribution in [0.2, 0.25) is 0 Å². The Labute approximate surface area is 425 Å². The number of fused-ring (bicyclic) bond motifs is 4. The van der Waals surface area contributed by atoms with Gasteiger partial charge in [-0.2, -0.15) is 0 Å². The summed E-state index contributed by atoms with van der Waals surface area (Å²) in [6.07, 6.45) is 7.34. The Bertz CT molecular complexity index is 2750. The van der Waals surface area contributed by atoms with Crippen molar-refractivity contribution in [3.63, 3.8) is 0 Å². The van der Waals surface area contributed by atoms with Gasteiger partial charge in [-0.3, -0.25) is 24.4 Å². The minimum atomic E-state index is -1.19. The number of aromatic nitrogens is 5. The first-order valence-corrected chi connectivity index (χ1v) is 26.5. The number of hydrogen-bond donors (Lipinski definition) is 2. The zero-order chi connectivity index (χ0) is 50.4. The second kappa shape index (κ2) is 21.0. The number of benzene rings is 1. The number of cyclic esters (lactones) is 1. The van der Waals surface area contributed by atoms with Gasteiger partial charge in [0.05, 0.1) is 49.1 Å². The number of nitrogens with zero attached hydrogens (tertiary/aromatic N) is 7. The summed E-state index contributed by atoms with van der Waals surface area (Å²) < 4.78 is 33.7. The standard InChI is InChI=1S/C54H69N9O8S/c1-30(61(6)7)26-70-49-47(59-50(64)44-31(2)43(44)40-13-17-55-29-57-40)52(65)63-35-22-34(23-35)46(60-63)53(66)71-28-54(4,5)25-39-38-24-33(41-27-72-51(49)58-41)11-12-42(38)62(18-21-69-36-14-19-68-20-15-36)48(39)37-10-9-16-56-45(37)32(3)67-8/h9-13,16-17,24,27,29-32,34-36,43-44,46-47,49,60H,14-15,18-23,25-26,28H2,1-8H3,(H,59,64)/t30-,31+,32+,34?,35?,43+,44-,46+,47+,49+/m1/s1. The van der Waals surface area contributed by atoms with E-state index in [1.165, 1.54) is 17.7 Å². The van der Waals surface area contributed by atoms with Crippen LogP contribution in [0.15, 0.2) is 60.5 Å². The third-order valence-electron chi connectivity index (χ3n) is 15.8. The Kier molecular flexibility index (Phi) is 14.7. The summed E-state index contributed by atoms with van der Waals surface area (Å²) in [5.41, 5.74) is 10.0. The molecule has 4 aliphatic heterocycles. The number of thiazole rings is 1. The molecular weight excluding hydrogens is 935 g/mol. The fourth-order valence-electron chi connectivity index (χ4n) is 11.1. The van der Waals surface area contributed by atoms with E-state index >= 15 is 4.79 Å². The lowest BCUT2D eigenvalue weighted by Crippen LogP contribution is -2.72. The molecule has 6 aliphatic rings. The lowest BCUT2D eigenvalue weighted by molar-refractivity contribution is -0.173. The zero-order valence-corrected chi connectivity index (χ0v) is 43.5. The number of esters is 1. The van der Waals surface area contributed by atoms with Gasteiger partial charge in [0.1, 0.15) is 29.5 Å². The Morgan fingerprint density at radius 1 is 1.07 bits per heavy atom. The van der Waals surface area contributed by atoms with E-state index in [0.29, 0.717) is 56.3 Å². The van der Waals surface area contributed by atoms with Gasteiger partial charge in [-0.25, -0.2) is 20.4 Å². The molecule has 2 N–H and O–H groups in total. The molecule has 2 saturated carbocycles. The first-order chi connectivity index (χ1) is 34.7. The number of carbonyl (C=O) groups excluding carboxylic acids is 3. The first kappa shape index (κ1) is 50.3. The number of rotatable bonds is 14. The lowest BCUT2D eigenvalue weighted by atomic mass is 9.73. The Balaban J connectivity index is 1.10. The van der Waals surface area contributed by atoms with Gasteiger partial charge in [0.15, 0.2) is 0 Å². The van der Waals surface area contributed by atoms with Crippen molar-refractivity contribution < 1.29 is 38.1 Å². The molecule has 72 heavy (non-hydrogen) atoms. The molecule has 17 nitrogen and oxygen atoms in total. The number of carbonyl (C=O) groups is 3. The summed E-state index contributed by atoms with van der Waals surface area (Å²) in [5, 5.41) is 8.36. The number of hydrogen-bond acceptors (Lipinski definition) is 15. The van der Waals surface area contributed by atoms with E-state index in [2.05, 4.69) is 75.2 Å². The van der Waals surface area contributed by atoms with Gasteiger partial charge in [0.2, 0.25) is 5.91 Å². The molecule has 2 aliphatic carbocycles. The van der Waals surface area contributed by atoms with Crippen LogP contribution >= 0.6 is 11.3 Å². The third kappa shape index (κ3) is 10.1. The van der Waals surface area contributed by atoms with Crippen LogP contribution in [0.3, 0.4) is 0 Å². The van der Waals surface area contributed by atoms with Gasteiger partial charge in [0, 0.05) is 102 Å². The van der Waals surface area contributed by atoms with Crippen LogP contribution in [0.5, 0.6) is 0 Å². The highest BCUT2D eigenvalue weighted by Gasteiger charge is 2.56. The van der Waals surface area contributed by atoms with Crippen molar-refractivity contribution in [1.29, 1.82) is 0 Å². The molecule has 8 bridgehead atoms. The minimum absolute atomic E-state index is 0.0122. The van der Waals surface area contributed by atoms with Crippen molar-refractivity contribution in [2.45, 2.75) is 122 Å². The molecule has 0 unspecified atom stereocenters. The molecule has 1 aromatic carbocycles. The number of amides is 2. The molecule has 2 amide bonds. The number of nitrogens with one attached hydrogen (secondary N) is 2. The topological polar surface area (TPSA) is 184 Å². The van der Waals surface area contributed by atoms with Crippen LogP contribution in [-0.4, -0.2) is 137 Å². The Morgan fingerprint density at radius 2 is 1.88 bits per heavy atom. The van der Waals surface area contributed by atoms with Crippen molar-refractivity contribution in [3.8, 4) is 22.5 Å². The van der Waals surface area contributed by atoms with Gasteiger partial charge < -0.3 is 38.5 Å². The fourth-order valence-corrected chi connectivity index (χ4v) is 12.0. The van der Waals surface area contributed by atoms with Gasteiger partial charge in [-0.05, 0) is 108 Å². The second-order valence-electron chi connectivity index (χ2n) is 21.5. The molecule has 5 fully saturated rings. The van der Waals surface area contributed by atoms with Crippen LogP contribution in [0, 0.1) is 23.2 Å². The highest BCUT2D eigenvalue weighted by atomic mass is 32.1. The molecule has 11 rings (SSSR count). The molecule has 8 heterocycles. The highest BCUT2D eigenvalue weighted by molar-refractivity contribution is 7.10. The van der Waals surface area contributed by atoms with Crippen molar-refractivity contribution >= 4 is 40.0 Å². The summed E-state index contributed by atoms with van der Waals surface area (Å²) in [7, 11) is 5.66. The number of methoxy groups -OCH3 is 1. The van der Waals surface area contributed by atoms with Crippen molar-refractivity contribution in [3.05, 3.63) is 82.5 Å². The highest BCUT2D eigenvalue weighted by Crippen LogP contribution is 2.53. The number of pyridine rings is 1. The van der Waals surface area contributed by atoms with Crippen molar-refractivity contribution in [1.82, 2.24) is 45.2 Å². The summed E-state index contributed by atoms with van der Waals surface area (Å²) in [5.74, 6) is -1.66. The molecule has 0 radical (unpaired) electrons. The maximum absolute atomic E-state index is 15.4. The van der Waals surface area contributed by atoms with E-state index in [-0.39, 0.29) is 61.2 Å². The average molecular weight is 1000 g/mol. The predicted octanol–water partition coefficient (Wildman–Crippen LogP) is 6.68. The second-order valence-corrected chi connectivity index (χ2v) is 22.4. The lowest BCUT2D eigenvalue weighted by Gasteiger charge is -2.53.